The molecule has 4 aromatic rings. The number of halogens is 4. The molecule has 1 saturated carbocycles. The highest BCUT2D eigenvalue weighted by atomic mass is 19.4. The van der Waals surface area contributed by atoms with Gasteiger partial charge in [-0.05, 0) is 62.1 Å². The number of fused-ring (bicyclic) bond motifs is 1. The van der Waals surface area contributed by atoms with Crippen molar-refractivity contribution in [3.05, 3.63) is 65.2 Å². The fraction of sp³-hybridized carbons (Fsp3) is 0.300. The molecule has 3 heterocycles. The molecule has 1 aromatic carbocycles. The predicted octanol–water partition coefficient (Wildman–Crippen LogP) is 5.74. The Morgan fingerprint density at radius 2 is 1.86 bits per heavy atom. The number of hydrogen-bond donors (Lipinski definition) is 2. The maximum Gasteiger partial charge on any atom is 0.389 e. The van der Waals surface area contributed by atoms with Gasteiger partial charge in [0.25, 0.3) is 11.8 Å². The number of methoxy groups -OCH3 is 1. The summed E-state index contributed by atoms with van der Waals surface area (Å²) >= 11 is 0. The van der Waals surface area contributed by atoms with Crippen LogP contribution in [0.4, 0.5) is 17.6 Å². The summed E-state index contributed by atoms with van der Waals surface area (Å²) in [5, 5.41) is 15.0. The molecule has 0 unspecified atom stereocenters. The van der Waals surface area contributed by atoms with E-state index in [4.69, 9.17) is 9.15 Å². The van der Waals surface area contributed by atoms with E-state index in [1.54, 1.807) is 0 Å². The first kappa shape index (κ1) is 29.5. The minimum Gasteiger partial charge on any atom is -0.480 e. The summed E-state index contributed by atoms with van der Waals surface area (Å²) in [6.07, 6.45) is -3.19. The van der Waals surface area contributed by atoms with Crippen LogP contribution in [-0.4, -0.2) is 47.7 Å². The lowest BCUT2D eigenvalue weighted by Crippen LogP contribution is -2.52. The van der Waals surface area contributed by atoms with Gasteiger partial charge in [0.2, 0.25) is 11.6 Å². The number of carbonyl (C=O) groups is 2. The Labute approximate surface area is 242 Å². The Bertz CT molecular complexity index is 1760. The molecule has 2 amide bonds. The van der Waals surface area contributed by atoms with E-state index in [0.29, 0.717) is 18.4 Å². The van der Waals surface area contributed by atoms with Gasteiger partial charge in [-0.3, -0.25) is 9.59 Å². The third-order valence-corrected chi connectivity index (χ3v) is 7.34. The number of furan rings is 1. The van der Waals surface area contributed by atoms with Crippen LogP contribution in [0.25, 0.3) is 33.6 Å². The van der Waals surface area contributed by atoms with Gasteiger partial charge in [-0.2, -0.15) is 18.4 Å². The zero-order valence-electron chi connectivity index (χ0n) is 23.1. The molecule has 0 radical (unpaired) electrons. The highest BCUT2D eigenvalue weighted by Gasteiger charge is 2.39. The molecule has 0 atom stereocenters. The number of carbonyl (C=O) groups excluding carboxylic acids is 2. The molecule has 1 aliphatic carbocycles. The first-order valence-corrected chi connectivity index (χ1v) is 13.3. The molecule has 9 nitrogen and oxygen atoms in total. The smallest absolute Gasteiger partial charge is 0.389 e. The molecule has 0 aliphatic heterocycles. The summed E-state index contributed by atoms with van der Waals surface area (Å²) in [6, 6.07) is 10.1. The minimum absolute atomic E-state index is 0.0153. The van der Waals surface area contributed by atoms with Crippen LogP contribution in [-0.2, 0) is 6.42 Å². The average Bonchev–Trinajstić information content (AvgIpc) is 3.34. The third-order valence-electron chi connectivity index (χ3n) is 7.34. The van der Waals surface area contributed by atoms with Crippen molar-refractivity contribution in [3.63, 3.8) is 0 Å². The van der Waals surface area contributed by atoms with Gasteiger partial charge in [0.05, 0.1) is 29.8 Å². The third kappa shape index (κ3) is 5.86. The predicted molar refractivity (Wildman–Crippen MR) is 147 cm³/mol. The van der Waals surface area contributed by atoms with Gasteiger partial charge in [0.15, 0.2) is 0 Å². The quantitative estimate of drug-likeness (QED) is 0.249. The molecule has 43 heavy (non-hydrogen) atoms. The van der Waals surface area contributed by atoms with Gasteiger partial charge in [0, 0.05) is 36.4 Å². The Hall–Kier alpha value is -4.99. The number of alkyl halides is 3. The second-order valence-corrected chi connectivity index (χ2v) is 10.1. The van der Waals surface area contributed by atoms with Gasteiger partial charge in [-0.25, -0.2) is 14.4 Å². The summed E-state index contributed by atoms with van der Waals surface area (Å²) in [5.41, 5.74) is -0.371. The maximum absolute atomic E-state index is 13.6. The van der Waals surface area contributed by atoms with Gasteiger partial charge in [0.1, 0.15) is 22.7 Å². The van der Waals surface area contributed by atoms with Crippen LogP contribution in [0.2, 0.25) is 0 Å². The van der Waals surface area contributed by atoms with Crippen molar-refractivity contribution in [1.82, 2.24) is 20.6 Å². The molecule has 1 fully saturated rings. The van der Waals surface area contributed by atoms with Crippen molar-refractivity contribution >= 4 is 22.9 Å². The molecule has 2 N–H and O–H groups in total. The summed E-state index contributed by atoms with van der Waals surface area (Å²) in [5.74, 6) is -1.71. The summed E-state index contributed by atoms with van der Waals surface area (Å²) in [7, 11) is 2.71. The molecule has 222 valence electrons. The summed E-state index contributed by atoms with van der Waals surface area (Å²) in [4.78, 5) is 34.9. The Morgan fingerprint density at radius 1 is 1.14 bits per heavy atom. The lowest BCUT2D eigenvalue weighted by atomic mass is 9.78. The standard InChI is InChI=1S/C30H25F4N5O4/c1-36-26(41)23-20-13-19(17-12-21(27(42-2)37-14-17)25(40)39-29(15-35)9-3-10-29)22(8-11-30(32,33)34)38-28(20)43-24(23)16-4-6-18(31)7-5-16/h4-7,12-14H,3,8-11H2,1-2H3,(H,36,41)(H,39,40). The minimum atomic E-state index is -4.50. The number of nitriles is 1. The Morgan fingerprint density at radius 3 is 2.44 bits per heavy atom. The van der Waals surface area contributed by atoms with Crippen molar-refractivity contribution in [1.29, 1.82) is 5.26 Å². The molecule has 0 bridgehead atoms. The fourth-order valence-electron chi connectivity index (χ4n) is 4.92. The van der Waals surface area contributed by atoms with E-state index in [0.717, 1.165) is 6.42 Å². The van der Waals surface area contributed by atoms with Crippen molar-refractivity contribution in [2.75, 3.05) is 14.2 Å². The Balaban J connectivity index is 1.70. The number of amides is 2. The highest BCUT2D eigenvalue weighted by Crippen LogP contribution is 2.38. The van der Waals surface area contributed by atoms with E-state index in [9.17, 15) is 32.4 Å². The van der Waals surface area contributed by atoms with Gasteiger partial charge in [-0.15, -0.1) is 0 Å². The number of pyridine rings is 2. The average molecular weight is 596 g/mol. The van der Waals surface area contributed by atoms with E-state index in [-0.39, 0.29) is 50.7 Å². The molecule has 0 spiro atoms. The van der Waals surface area contributed by atoms with E-state index in [1.165, 1.54) is 56.8 Å². The topological polar surface area (TPSA) is 130 Å². The molecule has 5 rings (SSSR count). The van der Waals surface area contributed by atoms with Crippen LogP contribution in [0.5, 0.6) is 5.88 Å². The van der Waals surface area contributed by atoms with Crippen LogP contribution in [0.1, 0.15) is 52.1 Å². The van der Waals surface area contributed by atoms with Crippen molar-refractivity contribution in [2.45, 2.75) is 43.8 Å². The zero-order chi connectivity index (χ0) is 30.9. The van der Waals surface area contributed by atoms with E-state index >= 15 is 0 Å². The monoisotopic (exact) mass is 595 g/mol. The Kier molecular flexibility index (Phi) is 7.79. The maximum atomic E-state index is 13.6. The molecule has 0 saturated heterocycles. The van der Waals surface area contributed by atoms with Crippen LogP contribution >= 0.6 is 0 Å². The number of aromatic nitrogens is 2. The van der Waals surface area contributed by atoms with E-state index in [2.05, 4.69) is 26.7 Å². The van der Waals surface area contributed by atoms with Crippen LogP contribution in [0.3, 0.4) is 0 Å². The van der Waals surface area contributed by atoms with Gasteiger partial charge >= 0.3 is 6.18 Å². The number of nitrogens with one attached hydrogen (secondary N) is 2. The molecular formula is C30H25F4N5O4. The lowest BCUT2D eigenvalue weighted by Gasteiger charge is -2.35. The number of hydrogen-bond acceptors (Lipinski definition) is 7. The van der Waals surface area contributed by atoms with E-state index in [1.807, 2.05) is 0 Å². The fourth-order valence-corrected chi connectivity index (χ4v) is 4.92. The SMILES string of the molecule is CNC(=O)c1c(-c2ccc(F)cc2)oc2nc(CCC(F)(F)F)c(-c3cnc(OC)c(C(=O)NC4(C#N)CCC4)c3)cc12. The zero-order valence-corrected chi connectivity index (χ0v) is 23.1. The number of nitrogens with zero attached hydrogens (tertiary/aromatic N) is 3. The normalized spacial score (nSPS) is 14.1. The summed E-state index contributed by atoms with van der Waals surface area (Å²) < 4.78 is 64.7. The number of rotatable bonds is 8. The van der Waals surface area contributed by atoms with E-state index < -0.39 is 42.2 Å². The highest BCUT2D eigenvalue weighted by molar-refractivity contribution is 6.11. The number of aryl methyl sites for hydroxylation is 1. The molecule has 1 aliphatic rings. The number of benzene rings is 1. The van der Waals surface area contributed by atoms with Crippen LogP contribution in [0, 0.1) is 17.1 Å². The van der Waals surface area contributed by atoms with Gasteiger partial charge < -0.3 is 19.8 Å². The molecule has 13 heteroatoms. The second kappa shape index (κ2) is 11.4. The number of ether oxygens (including phenoxy) is 1. The van der Waals surface area contributed by atoms with Gasteiger partial charge in [-0.1, -0.05) is 0 Å². The molecular weight excluding hydrogens is 570 g/mol. The largest absolute Gasteiger partial charge is 0.480 e. The van der Waals surface area contributed by atoms with Crippen LogP contribution in [0.15, 0.2) is 47.0 Å². The summed E-state index contributed by atoms with van der Waals surface area (Å²) in [6.45, 7) is 0. The first-order valence-electron chi connectivity index (χ1n) is 13.3. The molecule has 3 aromatic heterocycles. The van der Waals surface area contributed by atoms with Crippen LogP contribution < -0.4 is 15.4 Å². The van der Waals surface area contributed by atoms with Crippen molar-refractivity contribution < 1.29 is 36.3 Å². The lowest BCUT2D eigenvalue weighted by molar-refractivity contribution is -0.134. The van der Waals surface area contributed by atoms with Crippen molar-refractivity contribution in [2.24, 2.45) is 0 Å². The second-order valence-electron chi connectivity index (χ2n) is 10.1. The first-order chi connectivity index (χ1) is 20.5. The van der Waals surface area contributed by atoms with Crippen molar-refractivity contribution in [3.8, 4) is 34.4 Å².